The van der Waals surface area contributed by atoms with Crippen LogP contribution in [0.2, 0.25) is 0 Å². The van der Waals surface area contributed by atoms with Gasteiger partial charge in [-0.05, 0) is 32.6 Å². The van der Waals surface area contributed by atoms with Crippen LogP contribution < -0.4 is 0 Å². The quantitative estimate of drug-likeness (QED) is 0.372. The van der Waals surface area contributed by atoms with Gasteiger partial charge in [-0.15, -0.1) is 0 Å². The highest BCUT2D eigenvalue weighted by Crippen LogP contribution is 2.05. The van der Waals surface area contributed by atoms with Gasteiger partial charge in [0.15, 0.2) is 0 Å². The molecule has 0 aromatic carbocycles. The average Bonchev–Trinajstić information content (AvgIpc) is 2.38. The summed E-state index contributed by atoms with van der Waals surface area (Å²) in [6.07, 6.45) is 2.17. The zero-order valence-corrected chi connectivity index (χ0v) is 11.4. The van der Waals surface area contributed by atoms with Gasteiger partial charge in [0.1, 0.15) is 0 Å². The first-order valence-corrected chi connectivity index (χ1v) is 6.27. The summed E-state index contributed by atoms with van der Waals surface area (Å²) in [6.45, 7) is 9.22. The molecule has 0 rings (SSSR count). The fourth-order valence-electron chi connectivity index (χ4n) is 1.15. The second-order valence-electron chi connectivity index (χ2n) is 4.19. The summed E-state index contributed by atoms with van der Waals surface area (Å²) in [4.78, 5) is 22.4. The lowest BCUT2D eigenvalue weighted by molar-refractivity contribution is -0.141. The molecule has 0 heterocycles. The van der Waals surface area contributed by atoms with Crippen LogP contribution in [0.1, 0.15) is 32.6 Å². The van der Waals surface area contributed by atoms with Crippen LogP contribution in [0.5, 0.6) is 0 Å². The number of esters is 2. The lowest BCUT2D eigenvalue weighted by atomic mass is 10.2. The number of hydrogen-bond acceptors (Lipinski definition) is 5. The molecule has 0 spiro atoms. The Morgan fingerprint density at radius 3 is 2.00 bits per heavy atom. The van der Waals surface area contributed by atoms with Crippen molar-refractivity contribution in [1.29, 1.82) is 0 Å². The molecule has 0 aromatic heterocycles. The summed E-state index contributed by atoms with van der Waals surface area (Å²) >= 11 is 0. The Labute approximate surface area is 113 Å². The summed E-state index contributed by atoms with van der Waals surface area (Å²) in [5, 5.41) is 8.61. The molecule has 0 bridgehead atoms. The van der Waals surface area contributed by atoms with Crippen molar-refractivity contribution < 1.29 is 24.2 Å². The minimum Gasteiger partial charge on any atom is -0.462 e. The number of rotatable bonds is 10. The van der Waals surface area contributed by atoms with Crippen molar-refractivity contribution in [3.63, 3.8) is 0 Å². The summed E-state index contributed by atoms with van der Waals surface area (Å²) in [6, 6.07) is 0. The van der Waals surface area contributed by atoms with Crippen molar-refractivity contribution in [3.05, 3.63) is 24.3 Å². The first-order chi connectivity index (χ1) is 8.99. The predicted octanol–water partition coefficient (Wildman–Crippen LogP) is 1.76. The van der Waals surface area contributed by atoms with Gasteiger partial charge in [0.2, 0.25) is 0 Å². The number of aliphatic hydroxyl groups is 1. The van der Waals surface area contributed by atoms with E-state index in [2.05, 4.69) is 13.2 Å². The van der Waals surface area contributed by atoms with Gasteiger partial charge < -0.3 is 14.6 Å². The fourth-order valence-corrected chi connectivity index (χ4v) is 1.15. The van der Waals surface area contributed by atoms with Gasteiger partial charge in [0, 0.05) is 17.8 Å². The number of aliphatic hydroxyl groups excluding tert-OH is 1. The average molecular weight is 270 g/mol. The molecule has 0 aromatic rings. The molecule has 1 N–H and O–H groups in total. The van der Waals surface area contributed by atoms with Crippen molar-refractivity contribution in [2.45, 2.75) is 32.6 Å². The molecule has 0 aliphatic carbocycles. The van der Waals surface area contributed by atoms with E-state index in [1.807, 2.05) is 0 Å². The van der Waals surface area contributed by atoms with Gasteiger partial charge in [-0.2, -0.15) is 0 Å². The number of carbonyl (C=O) groups is 2. The highest BCUT2D eigenvalue weighted by Gasteiger charge is 2.07. The Morgan fingerprint density at radius 1 is 1.00 bits per heavy atom. The first-order valence-electron chi connectivity index (χ1n) is 6.27. The third-order valence-electron chi connectivity index (χ3n) is 2.28. The van der Waals surface area contributed by atoms with E-state index < -0.39 is 11.9 Å². The van der Waals surface area contributed by atoms with Crippen LogP contribution in [0.15, 0.2) is 24.3 Å². The van der Waals surface area contributed by atoms with Crippen molar-refractivity contribution >= 4 is 11.9 Å². The van der Waals surface area contributed by atoms with Gasteiger partial charge in [0.05, 0.1) is 13.2 Å². The van der Waals surface area contributed by atoms with E-state index in [-0.39, 0.29) is 19.8 Å². The summed E-state index contributed by atoms with van der Waals surface area (Å²) in [7, 11) is 0. The van der Waals surface area contributed by atoms with Crippen LogP contribution in [-0.4, -0.2) is 36.9 Å². The Hall–Kier alpha value is -1.62. The number of unbranched alkanes of at least 4 members (excludes halogenated alkanes) is 1. The lowest BCUT2D eigenvalue weighted by Gasteiger charge is -2.07. The second-order valence-corrected chi connectivity index (χ2v) is 4.19. The predicted molar refractivity (Wildman–Crippen MR) is 71.4 cm³/mol. The Morgan fingerprint density at radius 2 is 1.53 bits per heavy atom. The van der Waals surface area contributed by atoms with Crippen molar-refractivity contribution in [2.24, 2.45) is 0 Å². The minimum atomic E-state index is -0.438. The van der Waals surface area contributed by atoms with Gasteiger partial charge in [0.25, 0.3) is 0 Å². The fraction of sp³-hybridized carbons (Fsp3) is 0.571. The maximum atomic E-state index is 11.4. The van der Waals surface area contributed by atoms with Crippen LogP contribution in [-0.2, 0) is 19.1 Å². The molecule has 0 radical (unpaired) electrons. The number of ether oxygens (including phenoxy) is 2. The third kappa shape index (κ3) is 9.02. The van der Waals surface area contributed by atoms with E-state index in [0.717, 1.165) is 0 Å². The minimum absolute atomic E-state index is 0.0282. The molecule has 0 aliphatic heterocycles. The van der Waals surface area contributed by atoms with Crippen molar-refractivity contribution in [2.75, 3.05) is 19.8 Å². The molecular formula is C14H22O5. The molecule has 5 nitrogen and oxygen atoms in total. The number of hydrogen-bond donors (Lipinski definition) is 1. The molecule has 0 unspecified atom stereocenters. The zero-order valence-electron chi connectivity index (χ0n) is 11.4. The molecule has 0 fully saturated rings. The van der Waals surface area contributed by atoms with E-state index in [0.29, 0.717) is 36.8 Å². The van der Waals surface area contributed by atoms with Crippen LogP contribution in [0.25, 0.3) is 0 Å². The van der Waals surface area contributed by atoms with Gasteiger partial charge in [-0.3, -0.25) is 0 Å². The van der Waals surface area contributed by atoms with E-state index in [1.54, 1.807) is 6.92 Å². The standard InChI is InChI=1S/C14H22O5/c1-11(2)13(16)18-9-4-5-10-19-14(17)12(3)7-6-8-15/h15H,1,3-10H2,2H3. The van der Waals surface area contributed by atoms with E-state index in [9.17, 15) is 9.59 Å². The molecule has 0 atom stereocenters. The second kappa shape index (κ2) is 10.3. The van der Waals surface area contributed by atoms with E-state index >= 15 is 0 Å². The molecule has 0 amide bonds. The van der Waals surface area contributed by atoms with Crippen LogP contribution in [0.4, 0.5) is 0 Å². The Balaban J connectivity index is 3.53. The smallest absolute Gasteiger partial charge is 0.333 e. The number of carbonyl (C=O) groups excluding carboxylic acids is 2. The van der Waals surface area contributed by atoms with Crippen LogP contribution in [0, 0.1) is 0 Å². The summed E-state index contributed by atoms with van der Waals surface area (Å²) in [5.41, 5.74) is 0.731. The van der Waals surface area contributed by atoms with Crippen molar-refractivity contribution in [3.8, 4) is 0 Å². The van der Waals surface area contributed by atoms with E-state index in [4.69, 9.17) is 14.6 Å². The van der Waals surface area contributed by atoms with E-state index in [1.165, 1.54) is 0 Å². The SMILES string of the molecule is C=C(C)C(=O)OCCCCOC(=O)C(=C)CCCO. The molecule has 108 valence electrons. The highest BCUT2D eigenvalue weighted by molar-refractivity contribution is 5.87. The summed E-state index contributed by atoms with van der Waals surface area (Å²) in [5.74, 6) is -0.846. The Bertz CT molecular complexity index is 333. The highest BCUT2D eigenvalue weighted by atomic mass is 16.5. The maximum Gasteiger partial charge on any atom is 0.333 e. The summed E-state index contributed by atoms with van der Waals surface area (Å²) < 4.78 is 9.86. The molecule has 19 heavy (non-hydrogen) atoms. The topological polar surface area (TPSA) is 72.8 Å². The molecule has 5 heteroatoms. The van der Waals surface area contributed by atoms with Gasteiger partial charge >= 0.3 is 11.9 Å². The molecular weight excluding hydrogens is 248 g/mol. The molecule has 0 saturated carbocycles. The van der Waals surface area contributed by atoms with Crippen molar-refractivity contribution in [1.82, 2.24) is 0 Å². The molecule has 0 aliphatic rings. The molecule has 0 saturated heterocycles. The maximum absolute atomic E-state index is 11.4. The zero-order chi connectivity index (χ0) is 14.7. The normalized spacial score (nSPS) is 9.79. The Kier molecular flexibility index (Phi) is 9.44. The third-order valence-corrected chi connectivity index (χ3v) is 2.28. The lowest BCUT2D eigenvalue weighted by Crippen LogP contribution is -2.10. The monoisotopic (exact) mass is 270 g/mol. The first kappa shape index (κ1) is 17.4. The van der Waals surface area contributed by atoms with Gasteiger partial charge in [-0.25, -0.2) is 9.59 Å². The van der Waals surface area contributed by atoms with Crippen LogP contribution >= 0.6 is 0 Å². The van der Waals surface area contributed by atoms with Crippen LogP contribution in [0.3, 0.4) is 0 Å². The van der Waals surface area contributed by atoms with Gasteiger partial charge in [-0.1, -0.05) is 13.2 Å². The largest absolute Gasteiger partial charge is 0.462 e.